The Hall–Kier alpha value is 2.76. The molecule has 0 saturated carbocycles. The molecule has 0 aliphatic carbocycles. The zero-order chi connectivity index (χ0) is 2.00. The molecule has 0 N–H and O–H groups in total. The Balaban J connectivity index is -0.00000000167. The van der Waals surface area contributed by atoms with Crippen molar-refractivity contribution >= 4 is 67.8 Å². The van der Waals surface area contributed by atoms with Crippen LogP contribution >= 0.6 is 0 Å². The van der Waals surface area contributed by atoms with E-state index in [4.69, 9.17) is 0 Å². The van der Waals surface area contributed by atoms with Crippen LogP contribution in [0.2, 0.25) is 0 Å². The van der Waals surface area contributed by atoms with Crippen molar-refractivity contribution < 1.29 is 17.1 Å². The van der Waals surface area contributed by atoms with Crippen molar-refractivity contribution in [3.8, 4) is 0 Å². The van der Waals surface area contributed by atoms with E-state index in [0.717, 1.165) is 23.5 Å². The molecule has 0 aromatic carbocycles. The fraction of sp³-hybridized carbons (Fsp3) is 0. The Kier molecular flexibility index (Phi) is 148. The summed E-state index contributed by atoms with van der Waals surface area (Å²) < 4.78 is 0. The van der Waals surface area contributed by atoms with Crippen molar-refractivity contribution in [3.05, 3.63) is 0 Å². The Bertz CT molecular complexity index is 11.6. The molecule has 1 radical (unpaired) electrons. The van der Waals surface area contributed by atoms with Gasteiger partial charge in [0.05, 0.1) is 0 Å². The van der Waals surface area contributed by atoms with E-state index in [-0.39, 0.29) is 53.9 Å². The second-order valence-electron chi connectivity index (χ2n) is 0. The summed E-state index contributed by atoms with van der Waals surface area (Å²) in [5.74, 6) is 0. The predicted molar refractivity (Wildman–Crippen MR) is 37.0 cm³/mol. The van der Waals surface area contributed by atoms with Crippen LogP contribution in [0.25, 0.3) is 0 Å². The molecule has 0 fully saturated rings. The summed E-state index contributed by atoms with van der Waals surface area (Å²) in [7, 11) is 1.52. The molecule has 0 aliphatic rings. The van der Waals surface area contributed by atoms with Crippen LogP contribution in [0.5, 0.6) is 0 Å². The minimum absolute atomic E-state index is 0. The van der Waals surface area contributed by atoms with Gasteiger partial charge in [0, 0.05) is 17.1 Å². The average Bonchev–Trinajstić information content (AvgIpc) is 1.00. The second-order valence-corrected chi connectivity index (χ2v) is 0. The number of hydrogen-bond donors (Lipinski definition) is 0. The molecule has 0 heterocycles. The molecule has 0 saturated heterocycles. The first-order valence-electron chi connectivity index (χ1n) is 1.00. The van der Waals surface area contributed by atoms with E-state index in [9.17, 15) is 0 Å². The standard InChI is InChI=1S/Cu.Ga.In.H2Se.H3Si.5H/h;;;1H2;1H3;;;;;. The average molecular weight is 365 g/mol. The molecule has 0 bridgehead atoms. The number of rotatable bonds is 0. The summed E-state index contributed by atoms with van der Waals surface area (Å²) in [6, 6.07) is 0. The molecule has 0 rings (SSSR count). The predicted octanol–water partition coefficient (Wildman–Crippen LogP) is -4.20. The molecule has 5 heteroatoms. The van der Waals surface area contributed by atoms with Crippen molar-refractivity contribution in [1.82, 2.24) is 0 Å². The van der Waals surface area contributed by atoms with Crippen molar-refractivity contribution in [2.75, 3.05) is 0 Å². The fourth-order valence-corrected chi connectivity index (χ4v) is 0. The Morgan fingerprint density at radius 1 is 1.20 bits per heavy atom. The minimum atomic E-state index is 0. The molecule has 5 heavy (non-hydrogen) atoms. The van der Waals surface area contributed by atoms with Gasteiger partial charge in [-0.2, -0.15) is 0 Å². The zero-order valence-corrected chi connectivity index (χ0v) is 13.5. The summed E-state index contributed by atoms with van der Waals surface area (Å²) >= 11 is 1.09. The first-order valence-corrected chi connectivity index (χ1v) is 20.1. The zero-order valence-electron chi connectivity index (χ0n) is 2.80. The topological polar surface area (TPSA) is 0 Å². The number of hydrogen-bond acceptors (Lipinski definition) is 0. The van der Waals surface area contributed by atoms with Gasteiger partial charge in [-0.25, -0.2) is 0 Å². The van der Waals surface area contributed by atoms with Gasteiger partial charge in [-0.3, -0.25) is 0 Å². The van der Waals surface area contributed by atoms with Crippen LogP contribution in [0.4, 0.5) is 0 Å². The molecule has 0 nitrogen and oxygen atoms in total. The third kappa shape index (κ3) is 20.1. The molecule has 0 aromatic heterocycles. The molecule has 0 amide bonds. The van der Waals surface area contributed by atoms with Gasteiger partial charge in [0.25, 0.3) is 0 Å². The van der Waals surface area contributed by atoms with E-state index in [2.05, 4.69) is 0 Å². The monoisotopic (exact) mass is 365 g/mol. The van der Waals surface area contributed by atoms with Crippen LogP contribution in [0, 0.1) is 0 Å². The van der Waals surface area contributed by atoms with E-state index in [1.165, 1.54) is 7.43 Å². The first kappa shape index (κ1) is 25.1. The summed E-state index contributed by atoms with van der Waals surface area (Å²) in [5, 5.41) is 0. The molecule has 0 aliphatic heterocycles. The van der Waals surface area contributed by atoms with Crippen LogP contribution in [-0.4, -0.2) is 67.8 Å². The second kappa shape index (κ2) is 29.4. The third-order valence-electron chi connectivity index (χ3n) is 0. The molecule has 0 aromatic rings. The van der Waals surface area contributed by atoms with Gasteiger partial charge >= 0.3 is 67.8 Å². The van der Waals surface area contributed by atoms with Gasteiger partial charge in [-0.05, 0) is 0 Å². The van der Waals surface area contributed by atoms with Gasteiger partial charge in [0.2, 0.25) is 0 Å². The van der Waals surface area contributed by atoms with Crippen LogP contribution in [0.15, 0.2) is 0 Å². The van der Waals surface area contributed by atoms with Crippen molar-refractivity contribution in [1.29, 1.82) is 0 Å². The van der Waals surface area contributed by atoms with Crippen LogP contribution < -0.4 is 0 Å². The molecule has 0 spiro atoms. The quantitative estimate of drug-likeness (QED) is 0.382. The fourth-order valence-electron chi connectivity index (χ4n) is 0. The van der Waals surface area contributed by atoms with Gasteiger partial charge in [-0.1, -0.05) is 0 Å². The third-order valence-corrected chi connectivity index (χ3v) is 0. The van der Waals surface area contributed by atoms with Crippen molar-refractivity contribution in [3.63, 3.8) is 0 Å². The van der Waals surface area contributed by atoms with Crippen LogP contribution in [0.1, 0.15) is 0 Å². The van der Waals surface area contributed by atoms with Gasteiger partial charge in [0.15, 0.2) is 0 Å². The van der Waals surface area contributed by atoms with Crippen LogP contribution in [-0.2, 0) is 17.1 Å². The summed E-state index contributed by atoms with van der Waals surface area (Å²) in [6.07, 6.45) is 0. The SMILES string of the molecule is [Cu].[GaH3].[SeH2].[SiH3][InH2]. The van der Waals surface area contributed by atoms with Crippen molar-refractivity contribution in [2.45, 2.75) is 0 Å². The van der Waals surface area contributed by atoms with E-state index in [0.29, 0.717) is 0 Å². The molecular weight excluding hydrogens is 355 g/mol. The molecule has 0 unspecified atom stereocenters. The summed E-state index contributed by atoms with van der Waals surface area (Å²) in [6.45, 7) is 0. The maximum atomic E-state index is 1.52. The summed E-state index contributed by atoms with van der Waals surface area (Å²) in [5.41, 5.74) is 0. The van der Waals surface area contributed by atoms with Gasteiger partial charge in [-0.15, -0.1) is 0 Å². The Morgan fingerprint density at radius 3 is 1.20 bits per heavy atom. The maximum absolute atomic E-state index is 1.52. The molecular formula is H10CuGaInSeSi. The van der Waals surface area contributed by atoms with Crippen molar-refractivity contribution in [2.24, 2.45) is 0 Å². The van der Waals surface area contributed by atoms with E-state index < -0.39 is 0 Å². The Labute approximate surface area is 83.6 Å². The molecule has 0 atom stereocenters. The van der Waals surface area contributed by atoms with E-state index in [1.54, 1.807) is 0 Å². The normalized spacial score (nSPS) is 1.60. The molecule has 37 valence electrons. The van der Waals surface area contributed by atoms with Crippen LogP contribution in [0.3, 0.4) is 0 Å². The van der Waals surface area contributed by atoms with Gasteiger partial charge in [0.1, 0.15) is 0 Å². The van der Waals surface area contributed by atoms with E-state index >= 15 is 0 Å². The summed E-state index contributed by atoms with van der Waals surface area (Å²) in [4.78, 5) is 0. The van der Waals surface area contributed by atoms with Gasteiger partial charge < -0.3 is 0 Å². The first-order chi connectivity index (χ1) is 1.00. The van der Waals surface area contributed by atoms with E-state index in [1.807, 2.05) is 0 Å². The Morgan fingerprint density at radius 2 is 1.20 bits per heavy atom.